The Morgan fingerprint density at radius 1 is 1.39 bits per heavy atom. The van der Waals surface area contributed by atoms with E-state index in [1.54, 1.807) is 0 Å². The average molecular weight is 272 g/mol. The Morgan fingerprint density at radius 2 is 2.11 bits per heavy atom. The van der Waals surface area contributed by atoms with Gasteiger partial charge in [0.25, 0.3) is 0 Å². The minimum Gasteiger partial charge on any atom is -0.354 e. The van der Waals surface area contributed by atoms with Crippen molar-refractivity contribution in [2.45, 2.75) is 33.4 Å². The number of aromatic nitrogens is 1. The van der Waals surface area contributed by atoms with Crippen LogP contribution in [0.4, 0.5) is 0 Å². The maximum Gasteiger partial charge on any atom is 0.147 e. The van der Waals surface area contributed by atoms with E-state index in [-0.39, 0.29) is 5.75 Å². The Labute approximate surface area is 110 Å². The summed E-state index contributed by atoms with van der Waals surface area (Å²) in [5.74, 6) is 0.911. The lowest BCUT2D eigenvalue weighted by molar-refractivity contribution is 0.551. The standard InChI is InChI=1S/C13H24N2O2S/c1-12(2)9-14-10-13-5-7-15(11-13)6-4-8-18(3,16)17/h5,7,11-12,14H,4,6,8-10H2,1-3H3. The highest BCUT2D eigenvalue weighted by Crippen LogP contribution is 2.03. The first-order chi connectivity index (χ1) is 8.37. The van der Waals surface area contributed by atoms with Crippen LogP contribution in [0.1, 0.15) is 25.8 Å². The third kappa shape index (κ3) is 6.81. The Morgan fingerprint density at radius 3 is 2.72 bits per heavy atom. The average Bonchev–Trinajstić information content (AvgIpc) is 2.63. The van der Waals surface area contributed by atoms with Crippen LogP contribution in [0.2, 0.25) is 0 Å². The zero-order valence-electron chi connectivity index (χ0n) is 11.5. The maximum atomic E-state index is 11.0. The summed E-state index contributed by atoms with van der Waals surface area (Å²) in [6.45, 7) is 7.01. The Hall–Kier alpha value is -0.810. The zero-order valence-corrected chi connectivity index (χ0v) is 12.3. The van der Waals surface area contributed by atoms with Crippen molar-refractivity contribution in [1.82, 2.24) is 9.88 Å². The third-order valence-electron chi connectivity index (χ3n) is 2.62. The van der Waals surface area contributed by atoms with E-state index in [0.29, 0.717) is 12.3 Å². The van der Waals surface area contributed by atoms with Crippen molar-refractivity contribution in [3.8, 4) is 0 Å². The summed E-state index contributed by atoms with van der Waals surface area (Å²) >= 11 is 0. The van der Waals surface area contributed by atoms with Gasteiger partial charge in [-0.1, -0.05) is 13.8 Å². The van der Waals surface area contributed by atoms with Gasteiger partial charge in [0.05, 0.1) is 5.75 Å². The van der Waals surface area contributed by atoms with Crippen molar-refractivity contribution < 1.29 is 8.42 Å². The summed E-state index contributed by atoms with van der Waals surface area (Å²) in [6, 6.07) is 2.08. The van der Waals surface area contributed by atoms with E-state index >= 15 is 0 Å². The van der Waals surface area contributed by atoms with Crippen LogP contribution in [0, 0.1) is 5.92 Å². The summed E-state index contributed by atoms with van der Waals surface area (Å²) in [7, 11) is -2.84. The van der Waals surface area contributed by atoms with Crippen LogP contribution in [0.5, 0.6) is 0 Å². The van der Waals surface area contributed by atoms with Crippen LogP contribution in [0.15, 0.2) is 18.5 Å². The van der Waals surface area contributed by atoms with Crippen LogP contribution in [0.25, 0.3) is 0 Å². The van der Waals surface area contributed by atoms with Crippen LogP contribution in [-0.4, -0.2) is 31.5 Å². The van der Waals surface area contributed by atoms with Crippen molar-refractivity contribution >= 4 is 9.84 Å². The number of nitrogens with one attached hydrogen (secondary N) is 1. The number of rotatable bonds is 8. The molecule has 0 aromatic carbocycles. The van der Waals surface area contributed by atoms with Crippen LogP contribution in [0.3, 0.4) is 0 Å². The van der Waals surface area contributed by atoms with Gasteiger partial charge in [0.15, 0.2) is 0 Å². The van der Waals surface area contributed by atoms with Crippen LogP contribution < -0.4 is 5.32 Å². The molecule has 1 heterocycles. The van der Waals surface area contributed by atoms with Gasteiger partial charge >= 0.3 is 0 Å². The van der Waals surface area contributed by atoms with Crippen LogP contribution >= 0.6 is 0 Å². The molecule has 0 atom stereocenters. The van der Waals surface area contributed by atoms with Crippen molar-refractivity contribution in [3.05, 3.63) is 24.0 Å². The molecule has 1 aromatic rings. The number of sulfone groups is 1. The molecule has 0 bridgehead atoms. The molecule has 1 N–H and O–H groups in total. The van der Waals surface area contributed by atoms with Crippen molar-refractivity contribution in [2.75, 3.05) is 18.6 Å². The number of nitrogens with zero attached hydrogens (tertiary/aromatic N) is 1. The van der Waals surface area contributed by atoms with Gasteiger partial charge in [-0.25, -0.2) is 8.42 Å². The number of hydrogen-bond acceptors (Lipinski definition) is 3. The molecule has 0 aliphatic rings. The first kappa shape index (κ1) is 15.2. The highest BCUT2D eigenvalue weighted by molar-refractivity contribution is 7.90. The predicted molar refractivity (Wildman–Crippen MR) is 75.3 cm³/mol. The fourth-order valence-corrected chi connectivity index (χ4v) is 2.40. The van der Waals surface area contributed by atoms with E-state index in [1.807, 2.05) is 6.20 Å². The minimum absolute atomic E-state index is 0.256. The summed E-state index contributed by atoms with van der Waals surface area (Å²) in [6.07, 6.45) is 6.04. The molecule has 0 unspecified atom stereocenters. The molecule has 0 spiro atoms. The summed E-state index contributed by atoms with van der Waals surface area (Å²) < 4.78 is 24.1. The fourth-order valence-electron chi connectivity index (χ4n) is 1.75. The molecule has 0 fully saturated rings. The molecule has 0 saturated heterocycles. The van der Waals surface area contributed by atoms with Gasteiger partial charge in [0.2, 0.25) is 0 Å². The van der Waals surface area contributed by atoms with Crippen LogP contribution in [-0.2, 0) is 22.9 Å². The first-order valence-electron chi connectivity index (χ1n) is 6.40. The second-order valence-corrected chi connectivity index (χ2v) is 7.53. The maximum absolute atomic E-state index is 11.0. The van der Waals surface area contributed by atoms with E-state index in [2.05, 4.69) is 36.0 Å². The number of hydrogen-bond donors (Lipinski definition) is 1. The van der Waals surface area contributed by atoms with Gasteiger partial charge in [0, 0.05) is 31.7 Å². The molecule has 104 valence electrons. The topological polar surface area (TPSA) is 51.1 Å². The largest absolute Gasteiger partial charge is 0.354 e. The number of aryl methyl sites for hydroxylation is 1. The Bertz CT molecular complexity index is 449. The lowest BCUT2D eigenvalue weighted by Gasteiger charge is -2.05. The summed E-state index contributed by atoms with van der Waals surface area (Å²) in [4.78, 5) is 0. The van der Waals surface area contributed by atoms with Crippen molar-refractivity contribution in [2.24, 2.45) is 5.92 Å². The quantitative estimate of drug-likeness (QED) is 0.783. The first-order valence-corrected chi connectivity index (χ1v) is 8.46. The molecule has 0 radical (unpaired) electrons. The van der Waals surface area contributed by atoms with Gasteiger partial charge in [0.1, 0.15) is 9.84 Å². The third-order valence-corrected chi connectivity index (χ3v) is 3.66. The highest BCUT2D eigenvalue weighted by Gasteiger charge is 2.02. The van der Waals surface area contributed by atoms with E-state index in [4.69, 9.17) is 0 Å². The molecule has 0 amide bonds. The van der Waals surface area contributed by atoms with Gasteiger partial charge in [-0.15, -0.1) is 0 Å². The molecule has 0 aliphatic heterocycles. The predicted octanol–water partition coefficient (Wildman–Crippen LogP) is 1.67. The molecule has 0 saturated carbocycles. The monoisotopic (exact) mass is 272 g/mol. The van der Waals surface area contributed by atoms with Gasteiger partial charge in [-0.2, -0.15) is 0 Å². The summed E-state index contributed by atoms with van der Waals surface area (Å²) in [5, 5.41) is 3.39. The van der Waals surface area contributed by atoms with Crippen molar-refractivity contribution in [3.63, 3.8) is 0 Å². The lowest BCUT2D eigenvalue weighted by atomic mass is 10.2. The molecule has 4 nitrogen and oxygen atoms in total. The molecule has 1 rings (SSSR count). The normalized spacial score (nSPS) is 12.2. The smallest absolute Gasteiger partial charge is 0.147 e. The molecule has 5 heteroatoms. The zero-order chi connectivity index (χ0) is 13.6. The fraction of sp³-hybridized carbons (Fsp3) is 0.692. The van der Waals surface area contributed by atoms with E-state index < -0.39 is 9.84 Å². The molecule has 0 aliphatic carbocycles. The van der Waals surface area contributed by atoms with Gasteiger partial charge in [-0.05, 0) is 30.5 Å². The van der Waals surface area contributed by atoms with E-state index in [9.17, 15) is 8.42 Å². The Kier molecular flexibility index (Phi) is 5.88. The molecular formula is C13H24N2O2S. The minimum atomic E-state index is -2.84. The SMILES string of the molecule is CC(C)CNCc1ccn(CCCS(C)(=O)=O)c1. The summed E-state index contributed by atoms with van der Waals surface area (Å²) in [5.41, 5.74) is 1.25. The Balaban J connectivity index is 2.30. The van der Waals surface area contributed by atoms with E-state index in [0.717, 1.165) is 19.6 Å². The van der Waals surface area contributed by atoms with E-state index in [1.165, 1.54) is 11.8 Å². The van der Waals surface area contributed by atoms with Gasteiger partial charge in [-0.3, -0.25) is 0 Å². The second-order valence-electron chi connectivity index (χ2n) is 5.27. The lowest BCUT2D eigenvalue weighted by Crippen LogP contribution is -2.18. The molecule has 1 aromatic heterocycles. The second kappa shape index (κ2) is 6.95. The van der Waals surface area contributed by atoms with Crippen molar-refractivity contribution in [1.29, 1.82) is 0 Å². The highest BCUT2D eigenvalue weighted by atomic mass is 32.2. The molecular weight excluding hydrogens is 248 g/mol. The van der Waals surface area contributed by atoms with Gasteiger partial charge < -0.3 is 9.88 Å². The molecule has 18 heavy (non-hydrogen) atoms.